The van der Waals surface area contributed by atoms with Gasteiger partial charge >= 0.3 is 5.97 Å². The van der Waals surface area contributed by atoms with E-state index in [0.717, 1.165) is 10.7 Å². The van der Waals surface area contributed by atoms with E-state index in [9.17, 15) is 4.79 Å². The van der Waals surface area contributed by atoms with E-state index in [1.807, 2.05) is 0 Å². The molecule has 0 aliphatic heterocycles. The van der Waals surface area contributed by atoms with Crippen LogP contribution in [0.5, 0.6) is 0 Å². The fraction of sp³-hybridized carbons (Fsp3) is 0.750. The third-order valence-electron chi connectivity index (χ3n) is 0.796. The minimum absolute atomic E-state index is 0.145. The molecule has 0 saturated carbocycles. The molecule has 0 saturated heterocycles. The van der Waals surface area contributed by atoms with Gasteiger partial charge in [-0.3, -0.25) is 4.79 Å². The Kier molecular flexibility index (Phi) is 17.1. The second-order valence-corrected chi connectivity index (χ2v) is 3.46. The average molecular weight is 315 g/mol. The highest BCUT2D eigenvalue weighted by atomic mass is 79.9. The Morgan fingerprint density at radius 1 is 1.46 bits per heavy atom. The Bertz CT molecular complexity index is 155. The predicted molar refractivity (Wildman–Crippen MR) is 59.1 cm³/mol. The third kappa shape index (κ3) is 18.7. The Labute approximate surface area is 95.7 Å². The van der Waals surface area contributed by atoms with Crippen molar-refractivity contribution in [2.24, 2.45) is 0 Å². The van der Waals surface area contributed by atoms with Crippen LogP contribution in [0.25, 0.3) is 0 Å². The first-order chi connectivity index (χ1) is 6.22. The second kappa shape index (κ2) is 14.4. The molecule has 0 rings (SSSR count). The normalized spacial score (nSPS) is 7.85. The number of hydrogen-bond acceptors (Lipinski definition) is 3. The molecule has 76 valence electrons. The van der Waals surface area contributed by atoms with Crippen molar-refractivity contribution < 1.29 is 9.53 Å². The van der Waals surface area contributed by atoms with Gasteiger partial charge in [0.2, 0.25) is 0 Å². The highest BCUT2D eigenvalue weighted by molar-refractivity contribution is 9.09. The standard InChI is InChI=1S/C5H7NO2.C3H6Br2/c1-2-8-5(7)3-4-6;4-2-1-3-5/h2-3H2,1H3;1-3H2. The van der Waals surface area contributed by atoms with Crippen LogP contribution in [-0.4, -0.2) is 23.2 Å². The monoisotopic (exact) mass is 313 g/mol. The lowest BCUT2D eigenvalue weighted by Gasteiger charge is -1.92. The topological polar surface area (TPSA) is 50.1 Å². The number of esters is 1. The molecule has 0 atom stereocenters. The van der Waals surface area contributed by atoms with Gasteiger partial charge < -0.3 is 4.74 Å². The molecule has 0 amide bonds. The number of ether oxygens (including phenoxy) is 1. The highest BCUT2D eigenvalue weighted by Crippen LogP contribution is 1.90. The van der Waals surface area contributed by atoms with Gasteiger partial charge in [0, 0.05) is 10.7 Å². The van der Waals surface area contributed by atoms with Crippen LogP contribution in [0.3, 0.4) is 0 Å². The Morgan fingerprint density at radius 2 is 2.00 bits per heavy atom. The summed E-state index contributed by atoms with van der Waals surface area (Å²) in [5.41, 5.74) is 0. The quantitative estimate of drug-likeness (QED) is 0.592. The first-order valence-electron chi connectivity index (χ1n) is 3.87. The van der Waals surface area contributed by atoms with E-state index >= 15 is 0 Å². The van der Waals surface area contributed by atoms with E-state index in [2.05, 4.69) is 36.6 Å². The van der Waals surface area contributed by atoms with Gasteiger partial charge in [-0.2, -0.15) is 5.26 Å². The minimum Gasteiger partial charge on any atom is -0.465 e. The van der Waals surface area contributed by atoms with Gasteiger partial charge in [0.1, 0.15) is 6.42 Å². The molecule has 0 unspecified atom stereocenters. The zero-order valence-corrected chi connectivity index (χ0v) is 10.7. The molecule has 0 radical (unpaired) electrons. The molecule has 0 aliphatic rings. The van der Waals surface area contributed by atoms with Crippen molar-refractivity contribution in [1.82, 2.24) is 0 Å². The fourth-order valence-corrected chi connectivity index (χ4v) is 1.64. The zero-order chi connectivity index (χ0) is 10.5. The van der Waals surface area contributed by atoms with Crippen molar-refractivity contribution in [2.75, 3.05) is 17.3 Å². The summed E-state index contributed by atoms with van der Waals surface area (Å²) in [6.07, 6.45) is 1.08. The van der Waals surface area contributed by atoms with Gasteiger partial charge in [0.05, 0.1) is 12.7 Å². The summed E-state index contributed by atoms with van der Waals surface area (Å²) in [5, 5.41) is 10.1. The highest BCUT2D eigenvalue weighted by Gasteiger charge is 1.95. The molecule has 0 aromatic rings. The van der Waals surface area contributed by atoms with Crippen molar-refractivity contribution in [2.45, 2.75) is 19.8 Å². The lowest BCUT2D eigenvalue weighted by atomic mass is 10.5. The number of alkyl halides is 2. The summed E-state index contributed by atoms with van der Waals surface area (Å²) in [4.78, 5) is 10.2. The first-order valence-corrected chi connectivity index (χ1v) is 6.11. The van der Waals surface area contributed by atoms with Crippen molar-refractivity contribution in [3.63, 3.8) is 0 Å². The number of nitrogens with zero attached hydrogens (tertiary/aromatic N) is 1. The van der Waals surface area contributed by atoms with Crippen molar-refractivity contribution in [3.05, 3.63) is 0 Å². The molecule has 3 nitrogen and oxygen atoms in total. The van der Waals surface area contributed by atoms with E-state index in [1.165, 1.54) is 6.42 Å². The van der Waals surface area contributed by atoms with Gasteiger partial charge in [-0.05, 0) is 13.3 Å². The lowest BCUT2D eigenvalue weighted by Crippen LogP contribution is -2.01. The van der Waals surface area contributed by atoms with Crippen LogP contribution in [-0.2, 0) is 9.53 Å². The summed E-state index contributed by atoms with van der Waals surface area (Å²) in [6.45, 7) is 2.05. The van der Waals surface area contributed by atoms with Crippen LogP contribution in [0.2, 0.25) is 0 Å². The largest absolute Gasteiger partial charge is 0.465 e. The van der Waals surface area contributed by atoms with Crippen LogP contribution in [0, 0.1) is 11.3 Å². The first kappa shape index (κ1) is 15.4. The van der Waals surface area contributed by atoms with E-state index < -0.39 is 5.97 Å². The number of carbonyl (C=O) groups excluding carboxylic acids is 1. The fourth-order valence-electron chi connectivity index (χ4n) is 0.327. The molecular weight excluding hydrogens is 302 g/mol. The summed E-state index contributed by atoms with van der Waals surface area (Å²) in [5.74, 6) is -0.449. The summed E-state index contributed by atoms with van der Waals surface area (Å²) >= 11 is 6.56. The van der Waals surface area contributed by atoms with Crippen LogP contribution in [0.4, 0.5) is 0 Å². The van der Waals surface area contributed by atoms with Gasteiger partial charge in [-0.15, -0.1) is 0 Å². The molecule has 0 aromatic carbocycles. The van der Waals surface area contributed by atoms with Gasteiger partial charge in [-0.25, -0.2) is 0 Å². The molecule has 0 aromatic heterocycles. The third-order valence-corrected chi connectivity index (χ3v) is 1.92. The lowest BCUT2D eigenvalue weighted by molar-refractivity contribution is -0.141. The van der Waals surface area contributed by atoms with E-state index in [0.29, 0.717) is 6.61 Å². The molecule has 0 N–H and O–H groups in total. The maximum Gasteiger partial charge on any atom is 0.320 e. The predicted octanol–water partition coefficient (Wildman–Crippen LogP) is 2.63. The van der Waals surface area contributed by atoms with Crippen molar-refractivity contribution >= 4 is 37.8 Å². The van der Waals surface area contributed by atoms with Crippen LogP contribution in [0.1, 0.15) is 19.8 Å². The van der Waals surface area contributed by atoms with Crippen LogP contribution in [0.15, 0.2) is 0 Å². The molecule has 0 spiro atoms. The maximum atomic E-state index is 10.2. The zero-order valence-electron chi connectivity index (χ0n) is 7.56. The van der Waals surface area contributed by atoms with E-state index in [1.54, 1.807) is 13.0 Å². The van der Waals surface area contributed by atoms with Gasteiger partial charge in [-0.1, -0.05) is 31.9 Å². The Morgan fingerprint density at radius 3 is 2.23 bits per heavy atom. The molecule has 0 fully saturated rings. The molecule has 0 bridgehead atoms. The summed E-state index contributed by atoms with van der Waals surface area (Å²) < 4.78 is 4.42. The van der Waals surface area contributed by atoms with Crippen LogP contribution >= 0.6 is 31.9 Å². The number of hydrogen-bond donors (Lipinski definition) is 0. The molecule has 0 heterocycles. The van der Waals surface area contributed by atoms with Crippen molar-refractivity contribution in [3.8, 4) is 6.07 Å². The van der Waals surface area contributed by atoms with Crippen molar-refractivity contribution in [1.29, 1.82) is 5.26 Å². The van der Waals surface area contributed by atoms with E-state index in [4.69, 9.17) is 5.26 Å². The number of nitriles is 1. The van der Waals surface area contributed by atoms with Gasteiger partial charge in [0.25, 0.3) is 0 Å². The SMILES string of the molecule is BrCCCBr.CCOC(=O)CC#N. The molecule has 13 heavy (non-hydrogen) atoms. The molecule has 0 aliphatic carbocycles. The molecule has 5 heteroatoms. The average Bonchev–Trinajstić information content (AvgIpc) is 2.08. The van der Waals surface area contributed by atoms with Gasteiger partial charge in [0.15, 0.2) is 0 Å². The Hall–Kier alpha value is -0.0800. The summed E-state index contributed by atoms with van der Waals surface area (Å²) in [6, 6.07) is 1.68. The number of rotatable bonds is 4. The molecular formula is C8H13Br2NO2. The van der Waals surface area contributed by atoms with Crippen LogP contribution < -0.4 is 0 Å². The number of carbonyl (C=O) groups is 1. The minimum atomic E-state index is -0.449. The maximum absolute atomic E-state index is 10.2. The number of halogens is 2. The summed E-state index contributed by atoms with van der Waals surface area (Å²) in [7, 11) is 0. The smallest absolute Gasteiger partial charge is 0.320 e. The van der Waals surface area contributed by atoms with E-state index in [-0.39, 0.29) is 6.42 Å². The Balaban J connectivity index is 0. The second-order valence-electron chi connectivity index (χ2n) is 1.87.